The van der Waals surface area contributed by atoms with Crippen LogP contribution in [0.5, 0.6) is 0 Å². The third-order valence-electron chi connectivity index (χ3n) is 5.17. The van der Waals surface area contributed by atoms with Crippen LogP contribution in [0.1, 0.15) is 55.9 Å². The molecule has 3 rings (SSSR count). The molecule has 0 bridgehead atoms. The van der Waals surface area contributed by atoms with Crippen molar-refractivity contribution in [1.82, 2.24) is 14.5 Å². The Morgan fingerprint density at radius 2 is 1.76 bits per heavy atom. The minimum Gasteiger partial charge on any atom is -0.342 e. The van der Waals surface area contributed by atoms with Crippen molar-refractivity contribution >= 4 is 27.5 Å². The molecule has 0 unspecified atom stereocenters. The molecule has 136 valence electrons. The first-order chi connectivity index (χ1) is 11.6. The van der Waals surface area contributed by atoms with Gasteiger partial charge < -0.3 is 4.90 Å². The first-order valence-electron chi connectivity index (χ1n) is 8.89. The maximum absolute atomic E-state index is 13.1. The standard InChI is InChI=1S/C19H27N3O2S/c1-11-12(2)25-16-15(11)17(23)22(13(3)20-16)14-7-9-21(10-8-14)18(24)19(4,5)6/h14H,7-10H2,1-6H3. The summed E-state index contributed by atoms with van der Waals surface area (Å²) in [6.07, 6.45) is 1.61. The topological polar surface area (TPSA) is 55.2 Å². The number of aromatic nitrogens is 2. The van der Waals surface area contributed by atoms with E-state index in [0.29, 0.717) is 13.1 Å². The third-order valence-corrected chi connectivity index (χ3v) is 6.27. The van der Waals surface area contributed by atoms with E-state index in [1.807, 2.05) is 51.0 Å². The largest absolute Gasteiger partial charge is 0.342 e. The zero-order chi connectivity index (χ0) is 18.5. The van der Waals surface area contributed by atoms with Crippen molar-refractivity contribution in [3.8, 4) is 0 Å². The van der Waals surface area contributed by atoms with Crippen molar-refractivity contribution in [2.75, 3.05) is 13.1 Å². The summed E-state index contributed by atoms with van der Waals surface area (Å²) < 4.78 is 1.86. The summed E-state index contributed by atoms with van der Waals surface area (Å²) in [6, 6.07) is 0.119. The first kappa shape index (κ1) is 18.1. The molecular weight excluding hydrogens is 334 g/mol. The van der Waals surface area contributed by atoms with Crippen LogP contribution in [-0.4, -0.2) is 33.4 Å². The summed E-state index contributed by atoms with van der Waals surface area (Å²) in [4.78, 5) is 34.2. The molecule has 1 aliphatic rings. The molecule has 1 amide bonds. The van der Waals surface area contributed by atoms with Crippen molar-refractivity contribution in [2.45, 2.75) is 60.4 Å². The number of hydrogen-bond acceptors (Lipinski definition) is 4. The summed E-state index contributed by atoms with van der Waals surface area (Å²) in [6.45, 7) is 13.2. The maximum atomic E-state index is 13.1. The molecule has 0 radical (unpaired) electrons. The lowest BCUT2D eigenvalue weighted by atomic mass is 9.93. The van der Waals surface area contributed by atoms with E-state index in [2.05, 4.69) is 4.98 Å². The van der Waals surface area contributed by atoms with E-state index in [0.717, 1.165) is 39.3 Å². The van der Waals surface area contributed by atoms with E-state index in [-0.39, 0.29) is 22.9 Å². The van der Waals surface area contributed by atoms with Gasteiger partial charge in [0.15, 0.2) is 0 Å². The van der Waals surface area contributed by atoms with Crippen molar-refractivity contribution in [3.63, 3.8) is 0 Å². The number of thiophene rings is 1. The third kappa shape index (κ3) is 3.12. The smallest absolute Gasteiger partial charge is 0.262 e. The van der Waals surface area contributed by atoms with Crippen LogP contribution in [0, 0.1) is 26.2 Å². The molecule has 1 saturated heterocycles. The highest BCUT2D eigenvalue weighted by atomic mass is 32.1. The monoisotopic (exact) mass is 361 g/mol. The lowest BCUT2D eigenvalue weighted by Crippen LogP contribution is -2.45. The molecule has 1 fully saturated rings. The Morgan fingerprint density at radius 1 is 1.16 bits per heavy atom. The second-order valence-electron chi connectivity index (χ2n) is 8.07. The molecule has 25 heavy (non-hydrogen) atoms. The first-order valence-corrected chi connectivity index (χ1v) is 9.71. The van der Waals surface area contributed by atoms with Gasteiger partial charge in [0.2, 0.25) is 5.91 Å². The van der Waals surface area contributed by atoms with Gasteiger partial charge >= 0.3 is 0 Å². The number of aryl methyl sites for hydroxylation is 3. The molecule has 0 saturated carbocycles. The van der Waals surface area contributed by atoms with E-state index < -0.39 is 0 Å². The molecule has 0 spiro atoms. The van der Waals surface area contributed by atoms with Gasteiger partial charge in [-0.3, -0.25) is 14.2 Å². The normalized spacial score (nSPS) is 16.6. The van der Waals surface area contributed by atoms with Gasteiger partial charge in [0.1, 0.15) is 10.7 Å². The number of rotatable bonds is 1. The van der Waals surface area contributed by atoms with E-state index in [1.54, 1.807) is 11.3 Å². The summed E-state index contributed by atoms with van der Waals surface area (Å²) in [7, 11) is 0. The predicted octanol–water partition coefficient (Wildman–Crippen LogP) is 3.59. The predicted molar refractivity (Wildman–Crippen MR) is 102 cm³/mol. The SMILES string of the molecule is Cc1sc2nc(C)n(C3CCN(C(=O)C(C)(C)C)CC3)c(=O)c2c1C. The lowest BCUT2D eigenvalue weighted by molar-refractivity contribution is -0.140. The van der Waals surface area contributed by atoms with Crippen molar-refractivity contribution in [1.29, 1.82) is 0 Å². The minimum absolute atomic E-state index is 0.0740. The molecule has 0 atom stereocenters. The fourth-order valence-corrected chi connectivity index (χ4v) is 4.70. The van der Waals surface area contributed by atoms with E-state index >= 15 is 0 Å². The van der Waals surface area contributed by atoms with Gasteiger partial charge in [0.25, 0.3) is 5.56 Å². The Kier molecular flexibility index (Phi) is 4.52. The zero-order valence-corrected chi connectivity index (χ0v) is 16.8. The fraction of sp³-hybridized carbons (Fsp3) is 0.632. The molecule has 0 aromatic carbocycles. The number of likely N-dealkylation sites (tertiary alicyclic amines) is 1. The summed E-state index contributed by atoms with van der Waals surface area (Å²) in [5.41, 5.74) is 0.766. The Bertz CT molecular complexity index is 881. The van der Waals surface area contributed by atoms with Crippen LogP contribution >= 0.6 is 11.3 Å². The number of hydrogen-bond donors (Lipinski definition) is 0. The van der Waals surface area contributed by atoms with Crippen LogP contribution in [0.15, 0.2) is 4.79 Å². The van der Waals surface area contributed by atoms with Crippen LogP contribution in [0.4, 0.5) is 0 Å². The molecule has 2 aromatic rings. The van der Waals surface area contributed by atoms with Gasteiger partial charge in [-0.25, -0.2) is 4.98 Å². The van der Waals surface area contributed by atoms with Gasteiger partial charge in [-0.2, -0.15) is 0 Å². The average Bonchev–Trinajstić information content (AvgIpc) is 2.81. The van der Waals surface area contributed by atoms with Crippen LogP contribution in [0.3, 0.4) is 0 Å². The Morgan fingerprint density at radius 3 is 2.32 bits per heavy atom. The van der Waals surface area contributed by atoms with Crippen molar-refractivity contribution < 1.29 is 4.79 Å². The summed E-state index contributed by atoms with van der Waals surface area (Å²) in [5.74, 6) is 0.965. The highest BCUT2D eigenvalue weighted by Gasteiger charge is 2.31. The maximum Gasteiger partial charge on any atom is 0.262 e. The highest BCUT2D eigenvalue weighted by Crippen LogP contribution is 2.30. The molecule has 0 aliphatic carbocycles. The van der Waals surface area contributed by atoms with E-state index in [9.17, 15) is 9.59 Å². The number of amides is 1. The Labute approximate surface area is 152 Å². The second-order valence-corrected chi connectivity index (χ2v) is 9.27. The molecular formula is C19H27N3O2S. The average molecular weight is 362 g/mol. The van der Waals surface area contributed by atoms with E-state index in [4.69, 9.17) is 0 Å². The number of piperidine rings is 1. The lowest BCUT2D eigenvalue weighted by Gasteiger charge is -2.36. The molecule has 2 aromatic heterocycles. The minimum atomic E-state index is -0.356. The number of fused-ring (bicyclic) bond motifs is 1. The number of carbonyl (C=O) groups is 1. The highest BCUT2D eigenvalue weighted by molar-refractivity contribution is 7.18. The van der Waals surface area contributed by atoms with Crippen LogP contribution < -0.4 is 5.56 Å². The van der Waals surface area contributed by atoms with Crippen LogP contribution in [0.2, 0.25) is 0 Å². The molecule has 0 N–H and O–H groups in total. The van der Waals surface area contributed by atoms with Crippen molar-refractivity contribution in [2.24, 2.45) is 5.41 Å². The Hall–Kier alpha value is -1.69. The van der Waals surface area contributed by atoms with Gasteiger partial charge in [0.05, 0.1) is 5.39 Å². The summed E-state index contributed by atoms with van der Waals surface area (Å²) >= 11 is 1.59. The fourth-order valence-electron chi connectivity index (χ4n) is 3.64. The van der Waals surface area contributed by atoms with Gasteiger partial charge in [0, 0.05) is 29.4 Å². The zero-order valence-electron chi connectivity index (χ0n) is 16.0. The number of carbonyl (C=O) groups excluding carboxylic acids is 1. The number of nitrogens with zero attached hydrogens (tertiary/aromatic N) is 3. The van der Waals surface area contributed by atoms with Crippen LogP contribution in [0.25, 0.3) is 10.2 Å². The quantitative estimate of drug-likeness (QED) is 0.780. The van der Waals surface area contributed by atoms with Gasteiger partial charge in [-0.15, -0.1) is 11.3 Å². The van der Waals surface area contributed by atoms with Crippen molar-refractivity contribution in [3.05, 3.63) is 26.6 Å². The molecule has 1 aliphatic heterocycles. The Balaban J connectivity index is 1.90. The second kappa shape index (κ2) is 6.24. The summed E-state index contributed by atoms with van der Waals surface area (Å²) in [5, 5.41) is 0.765. The molecule has 3 heterocycles. The van der Waals surface area contributed by atoms with Crippen LogP contribution in [-0.2, 0) is 4.79 Å². The van der Waals surface area contributed by atoms with Gasteiger partial charge in [-0.1, -0.05) is 20.8 Å². The molecule has 5 nitrogen and oxygen atoms in total. The van der Waals surface area contributed by atoms with E-state index in [1.165, 1.54) is 0 Å². The molecule has 6 heteroatoms. The van der Waals surface area contributed by atoms with Gasteiger partial charge in [-0.05, 0) is 39.2 Å².